The van der Waals surface area contributed by atoms with E-state index in [2.05, 4.69) is 6.07 Å². The van der Waals surface area contributed by atoms with E-state index in [0.717, 1.165) is 37.7 Å². The van der Waals surface area contributed by atoms with E-state index >= 15 is 0 Å². The number of hydrogen-bond acceptors (Lipinski definition) is 3. The molecule has 124 valence electrons. The fourth-order valence-corrected chi connectivity index (χ4v) is 5.97. The Kier molecular flexibility index (Phi) is 4.03. The average Bonchev–Trinajstić information content (AvgIpc) is 2.60. The number of aryl methyl sites for hydroxylation is 1. The summed E-state index contributed by atoms with van der Waals surface area (Å²) >= 11 is 0. The van der Waals surface area contributed by atoms with Gasteiger partial charge in [0.1, 0.15) is 0 Å². The SMILES string of the molecule is O=S(=O)(C1=Cc2ccccc2CC1)N1CCO[C@H]2CCCC[C@@H]21. The number of nitrogens with zero attached hydrogens (tertiary/aromatic N) is 1. The summed E-state index contributed by atoms with van der Waals surface area (Å²) in [5.74, 6) is 0. The summed E-state index contributed by atoms with van der Waals surface area (Å²) in [5.41, 5.74) is 2.29. The molecule has 1 saturated carbocycles. The fraction of sp³-hybridized carbons (Fsp3) is 0.556. The molecule has 0 spiro atoms. The molecular formula is C18H23NO3S. The molecule has 2 aliphatic carbocycles. The molecule has 4 nitrogen and oxygen atoms in total. The number of fused-ring (bicyclic) bond motifs is 2. The van der Waals surface area contributed by atoms with Crippen LogP contribution in [0.15, 0.2) is 29.2 Å². The van der Waals surface area contributed by atoms with Crippen molar-refractivity contribution < 1.29 is 13.2 Å². The monoisotopic (exact) mass is 333 g/mol. The second-order valence-electron chi connectivity index (χ2n) is 6.69. The van der Waals surface area contributed by atoms with Crippen LogP contribution >= 0.6 is 0 Å². The van der Waals surface area contributed by atoms with E-state index in [1.807, 2.05) is 24.3 Å². The first-order valence-corrected chi connectivity index (χ1v) is 10.0. The minimum absolute atomic E-state index is 0.0283. The fourth-order valence-electron chi connectivity index (χ4n) is 4.12. The van der Waals surface area contributed by atoms with Crippen molar-refractivity contribution in [3.63, 3.8) is 0 Å². The Bertz CT molecular complexity index is 724. The first-order chi connectivity index (χ1) is 11.2. The van der Waals surface area contributed by atoms with Gasteiger partial charge < -0.3 is 4.74 Å². The third-order valence-corrected chi connectivity index (χ3v) is 7.39. The van der Waals surface area contributed by atoms with Crippen molar-refractivity contribution >= 4 is 16.1 Å². The number of benzene rings is 1. The average molecular weight is 333 g/mol. The van der Waals surface area contributed by atoms with Crippen molar-refractivity contribution in [1.82, 2.24) is 4.31 Å². The first kappa shape index (κ1) is 15.4. The highest BCUT2D eigenvalue weighted by Crippen LogP contribution is 2.35. The van der Waals surface area contributed by atoms with Crippen LogP contribution in [0.1, 0.15) is 43.2 Å². The summed E-state index contributed by atoms with van der Waals surface area (Å²) < 4.78 is 34.0. The second-order valence-corrected chi connectivity index (χ2v) is 8.63. The van der Waals surface area contributed by atoms with Gasteiger partial charge in [-0.25, -0.2) is 8.42 Å². The lowest BCUT2D eigenvalue weighted by Gasteiger charge is -2.43. The van der Waals surface area contributed by atoms with Gasteiger partial charge in [-0.3, -0.25) is 0 Å². The van der Waals surface area contributed by atoms with Gasteiger partial charge in [0.2, 0.25) is 10.0 Å². The number of morpholine rings is 1. The van der Waals surface area contributed by atoms with E-state index in [9.17, 15) is 8.42 Å². The first-order valence-electron chi connectivity index (χ1n) is 8.58. The van der Waals surface area contributed by atoms with Gasteiger partial charge in [-0.2, -0.15) is 4.31 Å². The van der Waals surface area contributed by atoms with Crippen molar-refractivity contribution in [2.45, 2.75) is 50.7 Å². The molecule has 0 aromatic heterocycles. The molecule has 1 aromatic carbocycles. The van der Waals surface area contributed by atoms with Crippen LogP contribution in [0, 0.1) is 0 Å². The van der Waals surface area contributed by atoms with Crippen LogP contribution < -0.4 is 0 Å². The van der Waals surface area contributed by atoms with Crippen molar-refractivity contribution in [2.75, 3.05) is 13.2 Å². The van der Waals surface area contributed by atoms with Gasteiger partial charge in [0.25, 0.3) is 0 Å². The summed E-state index contributed by atoms with van der Waals surface area (Å²) in [5, 5.41) is 0. The molecule has 1 aromatic rings. The highest BCUT2D eigenvalue weighted by atomic mass is 32.2. The van der Waals surface area contributed by atoms with Gasteiger partial charge in [0.15, 0.2) is 0 Å². The van der Waals surface area contributed by atoms with Crippen LogP contribution in [0.25, 0.3) is 6.08 Å². The van der Waals surface area contributed by atoms with Gasteiger partial charge >= 0.3 is 0 Å². The topological polar surface area (TPSA) is 46.6 Å². The Morgan fingerprint density at radius 2 is 1.91 bits per heavy atom. The number of hydrogen-bond donors (Lipinski definition) is 0. The van der Waals surface area contributed by atoms with Crippen LogP contribution in [0.2, 0.25) is 0 Å². The van der Waals surface area contributed by atoms with Crippen LogP contribution in [0.4, 0.5) is 0 Å². The maximum absolute atomic E-state index is 13.2. The number of rotatable bonds is 2. The third kappa shape index (κ3) is 2.75. The molecule has 1 aliphatic heterocycles. The molecule has 1 saturated heterocycles. The second kappa shape index (κ2) is 6.04. The van der Waals surface area contributed by atoms with E-state index in [0.29, 0.717) is 24.5 Å². The van der Waals surface area contributed by atoms with Gasteiger partial charge in [-0.05, 0) is 42.9 Å². The molecule has 0 radical (unpaired) electrons. The van der Waals surface area contributed by atoms with Crippen LogP contribution in [-0.2, 0) is 21.2 Å². The normalized spacial score (nSPS) is 28.6. The van der Waals surface area contributed by atoms with Gasteiger partial charge in [0, 0.05) is 6.54 Å². The quantitative estimate of drug-likeness (QED) is 0.836. The predicted molar refractivity (Wildman–Crippen MR) is 90.4 cm³/mol. The molecule has 3 aliphatic rings. The van der Waals surface area contributed by atoms with E-state index in [1.165, 1.54) is 5.56 Å². The Balaban J connectivity index is 1.66. The predicted octanol–water partition coefficient (Wildman–Crippen LogP) is 2.95. The van der Waals surface area contributed by atoms with E-state index in [1.54, 1.807) is 4.31 Å². The number of sulfonamides is 1. The van der Waals surface area contributed by atoms with Crippen molar-refractivity contribution in [3.8, 4) is 0 Å². The van der Waals surface area contributed by atoms with Crippen molar-refractivity contribution in [3.05, 3.63) is 40.3 Å². The lowest BCUT2D eigenvalue weighted by atomic mass is 9.91. The summed E-state index contributed by atoms with van der Waals surface area (Å²) in [7, 11) is -3.38. The molecule has 0 bridgehead atoms. The molecule has 4 rings (SSSR count). The van der Waals surface area contributed by atoms with Crippen molar-refractivity contribution in [2.24, 2.45) is 0 Å². The Labute approximate surface area is 138 Å². The minimum atomic E-state index is -3.38. The maximum Gasteiger partial charge on any atom is 0.239 e. The molecule has 5 heteroatoms. The van der Waals surface area contributed by atoms with E-state index in [4.69, 9.17) is 4.74 Å². The molecular weight excluding hydrogens is 310 g/mol. The smallest absolute Gasteiger partial charge is 0.239 e. The zero-order valence-corrected chi connectivity index (χ0v) is 14.1. The number of ether oxygens (including phenoxy) is 1. The highest BCUT2D eigenvalue weighted by molar-refractivity contribution is 7.93. The molecule has 0 unspecified atom stereocenters. The molecule has 2 atom stereocenters. The largest absolute Gasteiger partial charge is 0.375 e. The Hall–Kier alpha value is -1.17. The van der Waals surface area contributed by atoms with Crippen LogP contribution in [0.3, 0.4) is 0 Å². The Morgan fingerprint density at radius 3 is 2.83 bits per heavy atom. The number of allylic oxidation sites excluding steroid dienone is 1. The van der Waals surface area contributed by atoms with Crippen LogP contribution in [-0.4, -0.2) is 38.0 Å². The Morgan fingerprint density at radius 1 is 1.09 bits per heavy atom. The molecule has 0 N–H and O–H groups in total. The van der Waals surface area contributed by atoms with E-state index in [-0.39, 0.29) is 12.1 Å². The molecule has 23 heavy (non-hydrogen) atoms. The third-order valence-electron chi connectivity index (χ3n) is 5.33. The summed E-state index contributed by atoms with van der Waals surface area (Å²) in [4.78, 5) is 0.572. The minimum Gasteiger partial charge on any atom is -0.375 e. The molecule has 1 heterocycles. The highest BCUT2D eigenvalue weighted by Gasteiger charge is 2.41. The summed E-state index contributed by atoms with van der Waals surface area (Å²) in [6.07, 6.45) is 7.52. The van der Waals surface area contributed by atoms with E-state index < -0.39 is 10.0 Å². The lowest BCUT2D eigenvalue weighted by molar-refractivity contribution is -0.0583. The standard InChI is InChI=1S/C18H23NO3S/c20-23(21,16-10-9-14-5-1-2-6-15(14)13-16)19-11-12-22-18-8-4-3-7-17(18)19/h1-2,5-6,13,17-18H,3-4,7-12H2/t17-,18-/m0/s1. The zero-order valence-electron chi connectivity index (χ0n) is 13.3. The summed E-state index contributed by atoms with van der Waals surface area (Å²) in [6, 6.07) is 8.10. The summed E-state index contributed by atoms with van der Waals surface area (Å²) in [6.45, 7) is 1.01. The van der Waals surface area contributed by atoms with Gasteiger partial charge in [-0.15, -0.1) is 0 Å². The van der Waals surface area contributed by atoms with Gasteiger partial charge in [0.05, 0.1) is 23.7 Å². The van der Waals surface area contributed by atoms with Crippen molar-refractivity contribution in [1.29, 1.82) is 0 Å². The zero-order chi connectivity index (χ0) is 15.9. The molecule has 2 fully saturated rings. The van der Waals surface area contributed by atoms with Crippen LogP contribution in [0.5, 0.6) is 0 Å². The van der Waals surface area contributed by atoms with Gasteiger partial charge in [-0.1, -0.05) is 37.1 Å². The molecule has 0 amide bonds. The maximum atomic E-state index is 13.2. The lowest BCUT2D eigenvalue weighted by Crippen LogP contribution is -2.54.